The Bertz CT molecular complexity index is 1110. The van der Waals surface area contributed by atoms with Gasteiger partial charge in [0.2, 0.25) is 0 Å². The molecule has 0 amide bonds. The van der Waals surface area contributed by atoms with E-state index in [1.807, 2.05) is 0 Å². The molecule has 0 rings (SSSR count). The first-order valence-electron chi connectivity index (χ1n) is 26.6. The van der Waals surface area contributed by atoms with Gasteiger partial charge in [-0.15, -0.1) is 26.4 Å². The molecular weight excluding hydrogens is 1300 g/mol. The molecule has 0 fully saturated rings. The van der Waals surface area contributed by atoms with Crippen LogP contribution in [0.15, 0.2) is 0 Å². The molecule has 0 bridgehead atoms. The van der Waals surface area contributed by atoms with Crippen molar-refractivity contribution < 1.29 is 169 Å². The summed E-state index contributed by atoms with van der Waals surface area (Å²) < 4.78 is 136. The molecule has 0 atom stereocenters. The van der Waals surface area contributed by atoms with Crippen molar-refractivity contribution in [2.24, 2.45) is 0 Å². The molecule has 0 saturated heterocycles. The van der Waals surface area contributed by atoms with Crippen LogP contribution in [-0.2, 0) is 120 Å². The summed E-state index contributed by atoms with van der Waals surface area (Å²) in [5.41, 5.74) is 0. The maximum atomic E-state index is 10.1. The van der Waals surface area contributed by atoms with E-state index < -0.39 is 41.6 Å². The SMILES string of the molecule is CCCCCCCCCCCC[O-].CCCCCCCCCCCC[O-].CCCCCCCCCCCC[O-].CCCCCCCCCCCC[O-].O=S(=O)([O-])[O-].O=S(=O)([O-])[O-].O=S(=O)([O-])[O-].O=S(=O)([O-])[O-].[Zr+4].[Zr+4].[Zr+4]. The van der Waals surface area contributed by atoms with Gasteiger partial charge in [-0.25, -0.2) is 0 Å². The predicted octanol–water partition coefficient (Wildman–Crippen LogP) is 7.71. The summed E-state index contributed by atoms with van der Waals surface area (Å²) in [7, 11) is -20.7. The third kappa shape index (κ3) is 236. The molecule has 27 heteroatoms. The van der Waals surface area contributed by atoms with Crippen molar-refractivity contribution in [2.75, 3.05) is 26.4 Å². The smallest absolute Gasteiger partial charge is 0.854 e. The van der Waals surface area contributed by atoms with Gasteiger partial charge < -0.3 is 56.8 Å². The Hall–Kier alpha value is 1.97. The average Bonchev–Trinajstić information content (AvgIpc) is 3.25. The first-order valence-corrected chi connectivity index (χ1v) is 32.0. The second kappa shape index (κ2) is 87.2. The van der Waals surface area contributed by atoms with Crippen LogP contribution < -0.4 is 20.4 Å². The monoisotopic (exact) mass is 1390 g/mol. The van der Waals surface area contributed by atoms with E-state index in [1.165, 1.54) is 205 Å². The Labute approximate surface area is 516 Å². The van der Waals surface area contributed by atoms with Crippen molar-refractivity contribution >= 4 is 41.6 Å². The van der Waals surface area contributed by atoms with Crippen molar-refractivity contribution in [3.8, 4) is 0 Å². The fraction of sp³-hybridized carbons (Fsp3) is 1.00. The van der Waals surface area contributed by atoms with Gasteiger partial charge in [-0.05, 0) is 0 Å². The van der Waals surface area contributed by atoms with Crippen LogP contribution in [-0.4, -0.2) is 96.5 Å². The standard InChI is InChI=1S/4C12H25O.4H2O4S.3Zr/c4*1-2-3-4-5-6-7-8-9-10-11-12-13;4*1-5(2,3)4;;;/h4*2-12H2,1H3;4*(H2,1,2,3,4);;;/q4*-1;;;;;3*+4/p-8. The van der Waals surface area contributed by atoms with Crippen LogP contribution in [0.25, 0.3) is 0 Å². The topological polar surface area (TPSA) is 413 Å². The van der Waals surface area contributed by atoms with E-state index in [4.69, 9.17) is 70.1 Å². The molecule has 0 aliphatic carbocycles. The molecule has 0 aromatic heterocycles. The second-order valence-corrected chi connectivity index (χ2v) is 20.4. The minimum Gasteiger partial charge on any atom is -0.854 e. The van der Waals surface area contributed by atoms with Gasteiger partial charge in [-0.1, -0.05) is 285 Å². The number of rotatable bonds is 40. The van der Waals surface area contributed by atoms with E-state index >= 15 is 0 Å². The normalized spacial score (nSPS) is 10.5. The van der Waals surface area contributed by atoms with Gasteiger partial charge in [0.1, 0.15) is 0 Å². The van der Waals surface area contributed by atoms with E-state index in [0.29, 0.717) is 0 Å². The van der Waals surface area contributed by atoms with Gasteiger partial charge >= 0.3 is 78.6 Å². The summed E-state index contributed by atoms with van der Waals surface area (Å²) in [6.07, 6.45) is 52.0. The van der Waals surface area contributed by atoms with Crippen LogP contribution in [0.2, 0.25) is 0 Å². The van der Waals surface area contributed by atoms with Crippen molar-refractivity contribution in [2.45, 2.75) is 285 Å². The fourth-order valence-corrected chi connectivity index (χ4v) is 6.36. The van der Waals surface area contributed by atoms with E-state index in [1.54, 1.807) is 0 Å². The molecule has 0 aliphatic rings. The fourth-order valence-electron chi connectivity index (χ4n) is 6.36. The van der Waals surface area contributed by atoms with Crippen LogP contribution in [0.4, 0.5) is 0 Å². The zero-order valence-electron chi connectivity index (χ0n) is 46.4. The van der Waals surface area contributed by atoms with Crippen LogP contribution in [0.1, 0.15) is 285 Å². The first-order chi connectivity index (χ1) is 33.7. The van der Waals surface area contributed by atoms with Gasteiger partial charge in [-0.2, -0.15) is 0 Å². The molecule has 0 radical (unpaired) electrons. The molecule has 0 heterocycles. The molecule has 20 nitrogen and oxygen atoms in total. The molecule has 0 saturated carbocycles. The summed E-state index contributed by atoms with van der Waals surface area (Å²) in [5.74, 6) is 0. The molecule has 0 aliphatic heterocycles. The molecule has 0 aromatic carbocycles. The van der Waals surface area contributed by atoms with Crippen molar-refractivity contribution in [3.05, 3.63) is 0 Å². The first kappa shape index (κ1) is 102. The largest absolute Gasteiger partial charge is 4.00 e. The van der Waals surface area contributed by atoms with Crippen LogP contribution in [0.5, 0.6) is 0 Å². The third-order valence-electron chi connectivity index (χ3n) is 9.99. The maximum absolute atomic E-state index is 10.1. The van der Waals surface area contributed by atoms with Crippen molar-refractivity contribution in [3.63, 3.8) is 0 Å². The number of hydrogen-bond donors (Lipinski definition) is 0. The van der Waals surface area contributed by atoms with Crippen molar-refractivity contribution in [1.29, 1.82) is 0 Å². The number of unbranched alkanes of at least 4 members (excludes halogenated alkanes) is 36. The van der Waals surface area contributed by atoms with Crippen molar-refractivity contribution in [1.82, 2.24) is 0 Å². The van der Waals surface area contributed by atoms with E-state index in [0.717, 1.165) is 51.4 Å². The molecule has 0 N–H and O–H groups in total. The molecule has 448 valence electrons. The van der Waals surface area contributed by atoms with Crippen LogP contribution in [0.3, 0.4) is 0 Å². The zero-order valence-corrected chi connectivity index (χ0v) is 57.1. The van der Waals surface area contributed by atoms with E-state index in [-0.39, 0.29) is 105 Å². The van der Waals surface area contributed by atoms with Gasteiger partial charge in [0.15, 0.2) is 0 Å². The summed E-state index contributed by atoms with van der Waals surface area (Å²) in [5, 5.41) is 40.5. The summed E-state index contributed by atoms with van der Waals surface area (Å²) in [4.78, 5) is 0. The summed E-state index contributed by atoms with van der Waals surface area (Å²) in [6, 6.07) is 0. The molecule has 75 heavy (non-hydrogen) atoms. The maximum Gasteiger partial charge on any atom is 4.00 e. The Kier molecular flexibility index (Phi) is 119. The van der Waals surface area contributed by atoms with Crippen LogP contribution in [0, 0.1) is 0 Å². The molecule has 0 aromatic rings. The molecule has 0 spiro atoms. The van der Waals surface area contributed by atoms with E-state index in [9.17, 15) is 20.4 Å². The molecular formula is C48H100O20S4Zr3. The van der Waals surface area contributed by atoms with Gasteiger partial charge in [0.25, 0.3) is 0 Å². The third-order valence-corrected chi connectivity index (χ3v) is 9.99. The molecule has 0 unspecified atom stereocenters. The Morgan fingerprint density at radius 3 is 0.320 bits per heavy atom. The van der Waals surface area contributed by atoms with E-state index in [2.05, 4.69) is 27.7 Å². The van der Waals surface area contributed by atoms with Gasteiger partial charge in [0.05, 0.1) is 0 Å². The Balaban J connectivity index is -0.0000000713. The average molecular weight is 1400 g/mol. The van der Waals surface area contributed by atoms with Gasteiger partial charge in [0, 0.05) is 41.6 Å². The Morgan fingerprint density at radius 2 is 0.253 bits per heavy atom. The van der Waals surface area contributed by atoms with Crippen LogP contribution >= 0.6 is 0 Å². The predicted molar refractivity (Wildman–Crippen MR) is 269 cm³/mol. The summed E-state index contributed by atoms with van der Waals surface area (Å²) in [6.45, 7) is 9.50. The zero-order chi connectivity index (χ0) is 57.1. The number of hydrogen-bond acceptors (Lipinski definition) is 20. The summed E-state index contributed by atoms with van der Waals surface area (Å²) >= 11 is 0. The minimum atomic E-state index is -5.17. The second-order valence-electron chi connectivity index (χ2n) is 17.2. The van der Waals surface area contributed by atoms with Gasteiger partial charge in [-0.3, -0.25) is 33.7 Å². The Morgan fingerprint density at radius 1 is 0.187 bits per heavy atom. The minimum absolute atomic E-state index is 0. The quantitative estimate of drug-likeness (QED) is 0.0322.